The molecule has 0 aromatic heterocycles. The van der Waals surface area contributed by atoms with Gasteiger partial charge < -0.3 is 5.32 Å². The van der Waals surface area contributed by atoms with E-state index in [-0.39, 0.29) is 5.91 Å². The van der Waals surface area contributed by atoms with Gasteiger partial charge in [0.1, 0.15) is 0 Å². The number of hydrogen-bond acceptors (Lipinski definition) is 2. The first kappa shape index (κ1) is 18.2. The van der Waals surface area contributed by atoms with E-state index in [0.29, 0.717) is 29.4 Å². The third kappa shape index (κ3) is 5.77. The van der Waals surface area contributed by atoms with Crippen molar-refractivity contribution in [3.05, 3.63) is 34.3 Å². The van der Waals surface area contributed by atoms with Crippen molar-refractivity contribution in [2.45, 2.75) is 45.6 Å². The lowest BCUT2D eigenvalue weighted by Crippen LogP contribution is -2.52. The third-order valence-corrected chi connectivity index (χ3v) is 5.37. The summed E-state index contributed by atoms with van der Waals surface area (Å²) < 4.78 is 1.00. The van der Waals surface area contributed by atoms with Gasteiger partial charge >= 0.3 is 0 Å². The summed E-state index contributed by atoms with van der Waals surface area (Å²) in [6.45, 7) is 4.55. The second kappa shape index (κ2) is 8.64. The number of hydrazine groups is 1. The minimum atomic E-state index is -0.110. The van der Waals surface area contributed by atoms with Gasteiger partial charge in [-0.25, -0.2) is 0 Å². The fourth-order valence-electron chi connectivity index (χ4n) is 2.95. The standard InChI is InChI=1S/C17H24BrN3OS/c1-11-4-3-5-15(12(11)2)19-17(23)21-20-16(22)10-13-6-8-14(18)9-7-13/h6-9,11-12,15H,3-5,10H2,1-2H3,(H,20,22)(H2,19,21,23)/t11-,12-,15-/m1/s1. The van der Waals surface area contributed by atoms with E-state index in [0.717, 1.165) is 16.5 Å². The molecule has 1 aliphatic rings. The molecule has 2 rings (SSSR count). The third-order valence-electron chi connectivity index (χ3n) is 4.62. The Labute approximate surface area is 151 Å². The fourth-order valence-corrected chi connectivity index (χ4v) is 3.42. The first-order valence-electron chi connectivity index (χ1n) is 8.05. The Kier molecular flexibility index (Phi) is 6.84. The molecule has 3 atom stereocenters. The molecule has 1 aromatic rings. The van der Waals surface area contributed by atoms with Crippen LogP contribution in [0, 0.1) is 11.8 Å². The molecule has 126 valence electrons. The molecule has 1 aromatic carbocycles. The van der Waals surface area contributed by atoms with E-state index in [2.05, 4.69) is 45.9 Å². The summed E-state index contributed by atoms with van der Waals surface area (Å²) in [6.07, 6.45) is 3.95. The van der Waals surface area contributed by atoms with Gasteiger partial charge in [0, 0.05) is 10.5 Å². The van der Waals surface area contributed by atoms with Gasteiger partial charge in [-0.3, -0.25) is 15.6 Å². The highest BCUT2D eigenvalue weighted by atomic mass is 79.9. The fraction of sp³-hybridized carbons (Fsp3) is 0.529. The van der Waals surface area contributed by atoms with Crippen LogP contribution in [0.15, 0.2) is 28.7 Å². The van der Waals surface area contributed by atoms with Crippen LogP contribution in [-0.2, 0) is 11.2 Å². The van der Waals surface area contributed by atoms with E-state index in [1.54, 1.807) is 0 Å². The largest absolute Gasteiger partial charge is 0.358 e. The Balaban J connectivity index is 1.73. The lowest BCUT2D eigenvalue weighted by molar-refractivity contribution is -0.121. The van der Waals surface area contributed by atoms with Crippen LogP contribution in [0.5, 0.6) is 0 Å². The van der Waals surface area contributed by atoms with Crippen LogP contribution >= 0.6 is 28.1 Å². The lowest BCUT2D eigenvalue weighted by atomic mass is 9.78. The van der Waals surface area contributed by atoms with Gasteiger partial charge in [-0.15, -0.1) is 0 Å². The van der Waals surface area contributed by atoms with E-state index in [9.17, 15) is 4.79 Å². The Morgan fingerprint density at radius 3 is 2.61 bits per heavy atom. The van der Waals surface area contributed by atoms with Crippen LogP contribution in [-0.4, -0.2) is 17.1 Å². The SMILES string of the molecule is C[C@@H]1[C@H](C)CCC[C@H]1NC(=S)NNC(=O)Cc1ccc(Br)cc1. The van der Waals surface area contributed by atoms with Gasteiger partial charge in [-0.05, 0) is 48.2 Å². The number of nitrogens with one attached hydrogen (secondary N) is 3. The summed E-state index contributed by atoms with van der Waals surface area (Å²) in [7, 11) is 0. The van der Waals surface area contributed by atoms with Gasteiger partial charge in [-0.1, -0.05) is 54.8 Å². The average molecular weight is 398 g/mol. The zero-order chi connectivity index (χ0) is 16.8. The van der Waals surface area contributed by atoms with Crippen LogP contribution in [0.25, 0.3) is 0 Å². The van der Waals surface area contributed by atoms with Gasteiger partial charge in [0.15, 0.2) is 5.11 Å². The molecule has 1 amide bonds. The molecule has 0 radical (unpaired) electrons. The van der Waals surface area contributed by atoms with Crippen LogP contribution < -0.4 is 16.2 Å². The van der Waals surface area contributed by atoms with Gasteiger partial charge in [0.2, 0.25) is 5.91 Å². The summed E-state index contributed by atoms with van der Waals surface area (Å²) >= 11 is 8.66. The summed E-state index contributed by atoms with van der Waals surface area (Å²) in [5.41, 5.74) is 6.42. The predicted octanol–water partition coefficient (Wildman–Crippen LogP) is 3.31. The minimum Gasteiger partial charge on any atom is -0.358 e. The minimum absolute atomic E-state index is 0.110. The summed E-state index contributed by atoms with van der Waals surface area (Å²) in [5.74, 6) is 1.18. The lowest BCUT2D eigenvalue weighted by Gasteiger charge is -2.35. The number of benzene rings is 1. The van der Waals surface area contributed by atoms with Crippen LogP contribution in [0.1, 0.15) is 38.7 Å². The molecule has 1 aliphatic carbocycles. The van der Waals surface area contributed by atoms with Gasteiger partial charge in [0.05, 0.1) is 6.42 Å². The van der Waals surface area contributed by atoms with E-state index in [4.69, 9.17) is 12.2 Å². The first-order chi connectivity index (χ1) is 11.0. The van der Waals surface area contributed by atoms with Crippen LogP contribution in [0.4, 0.5) is 0 Å². The Hall–Kier alpha value is -1.14. The molecule has 4 nitrogen and oxygen atoms in total. The van der Waals surface area contributed by atoms with Crippen LogP contribution in [0.2, 0.25) is 0 Å². The van der Waals surface area contributed by atoms with E-state index in [1.807, 2.05) is 24.3 Å². The molecule has 23 heavy (non-hydrogen) atoms. The van der Waals surface area contributed by atoms with E-state index >= 15 is 0 Å². The number of halogens is 1. The van der Waals surface area contributed by atoms with E-state index < -0.39 is 0 Å². The summed E-state index contributed by atoms with van der Waals surface area (Å²) in [6, 6.07) is 8.07. The second-order valence-electron chi connectivity index (χ2n) is 6.32. The van der Waals surface area contributed by atoms with Crippen molar-refractivity contribution in [3.8, 4) is 0 Å². The number of thiocarbonyl (C=S) groups is 1. The molecule has 1 fully saturated rings. The molecular weight excluding hydrogens is 374 g/mol. The number of rotatable bonds is 3. The second-order valence-corrected chi connectivity index (χ2v) is 7.65. The quantitative estimate of drug-likeness (QED) is 0.540. The maximum atomic E-state index is 11.9. The summed E-state index contributed by atoms with van der Waals surface area (Å²) in [4.78, 5) is 11.9. The zero-order valence-electron chi connectivity index (χ0n) is 13.6. The molecule has 0 saturated heterocycles. The maximum absolute atomic E-state index is 11.9. The van der Waals surface area contributed by atoms with Crippen molar-refractivity contribution < 1.29 is 4.79 Å². The smallest absolute Gasteiger partial charge is 0.242 e. The molecule has 0 aliphatic heterocycles. The van der Waals surface area contributed by atoms with Gasteiger partial charge in [-0.2, -0.15) is 0 Å². The van der Waals surface area contributed by atoms with Gasteiger partial charge in [0.25, 0.3) is 0 Å². The molecule has 0 spiro atoms. The van der Waals surface area contributed by atoms with Crippen molar-refractivity contribution in [1.82, 2.24) is 16.2 Å². The molecule has 0 heterocycles. The molecule has 3 N–H and O–H groups in total. The zero-order valence-corrected chi connectivity index (χ0v) is 16.0. The molecular formula is C17H24BrN3OS. The van der Waals surface area contributed by atoms with Crippen molar-refractivity contribution in [3.63, 3.8) is 0 Å². The van der Waals surface area contributed by atoms with Crippen molar-refractivity contribution >= 4 is 39.2 Å². The maximum Gasteiger partial charge on any atom is 0.242 e. The van der Waals surface area contributed by atoms with Crippen LogP contribution in [0.3, 0.4) is 0 Å². The number of amides is 1. The number of carbonyl (C=O) groups is 1. The molecule has 0 unspecified atom stereocenters. The van der Waals surface area contributed by atoms with Crippen molar-refractivity contribution in [2.24, 2.45) is 11.8 Å². The molecule has 6 heteroatoms. The first-order valence-corrected chi connectivity index (χ1v) is 9.25. The van der Waals surface area contributed by atoms with Crippen molar-refractivity contribution in [2.75, 3.05) is 0 Å². The highest BCUT2D eigenvalue weighted by Gasteiger charge is 2.27. The monoisotopic (exact) mass is 397 g/mol. The molecule has 0 bridgehead atoms. The average Bonchev–Trinajstić information content (AvgIpc) is 2.52. The van der Waals surface area contributed by atoms with Crippen molar-refractivity contribution in [1.29, 1.82) is 0 Å². The number of carbonyl (C=O) groups excluding carboxylic acids is 1. The highest BCUT2D eigenvalue weighted by Crippen LogP contribution is 2.29. The normalized spacial score (nSPS) is 23.9. The predicted molar refractivity (Wildman–Crippen MR) is 101 cm³/mol. The topological polar surface area (TPSA) is 53.2 Å². The Bertz CT molecular complexity index is 549. The highest BCUT2D eigenvalue weighted by molar-refractivity contribution is 9.10. The number of hydrogen-bond donors (Lipinski definition) is 3. The Morgan fingerprint density at radius 2 is 1.91 bits per heavy atom. The summed E-state index contributed by atoms with van der Waals surface area (Å²) in [5, 5.41) is 3.81. The Morgan fingerprint density at radius 1 is 1.22 bits per heavy atom. The van der Waals surface area contributed by atoms with E-state index in [1.165, 1.54) is 12.8 Å². The molecule has 1 saturated carbocycles.